The lowest BCUT2D eigenvalue weighted by Crippen LogP contribution is -2.26. The van der Waals surface area contributed by atoms with E-state index in [1.807, 2.05) is 37.4 Å². The van der Waals surface area contributed by atoms with Gasteiger partial charge in [-0.25, -0.2) is 12.7 Å². The summed E-state index contributed by atoms with van der Waals surface area (Å²) in [5, 5.41) is 3.01. The van der Waals surface area contributed by atoms with E-state index in [2.05, 4.69) is 5.32 Å². The lowest BCUT2D eigenvalue weighted by Gasteiger charge is -2.15. The van der Waals surface area contributed by atoms with Gasteiger partial charge >= 0.3 is 0 Å². The van der Waals surface area contributed by atoms with E-state index < -0.39 is 10.0 Å². The van der Waals surface area contributed by atoms with Gasteiger partial charge in [-0.2, -0.15) is 0 Å². The van der Waals surface area contributed by atoms with Crippen LogP contribution in [0.5, 0.6) is 0 Å². The molecule has 5 nitrogen and oxygen atoms in total. The van der Waals surface area contributed by atoms with Crippen LogP contribution in [0.2, 0.25) is 0 Å². The van der Waals surface area contributed by atoms with Crippen LogP contribution in [0.15, 0.2) is 58.3 Å². The van der Waals surface area contributed by atoms with Gasteiger partial charge in [-0.05, 0) is 55.0 Å². The smallest absolute Gasteiger partial charge is 0.242 e. The number of carbonyl (C=O) groups is 1. The summed E-state index contributed by atoms with van der Waals surface area (Å²) in [4.78, 5) is 13.7. The molecule has 146 valence electrons. The Morgan fingerprint density at radius 2 is 1.67 bits per heavy atom. The van der Waals surface area contributed by atoms with Gasteiger partial charge in [0.15, 0.2) is 0 Å². The van der Waals surface area contributed by atoms with E-state index in [1.165, 1.54) is 23.3 Å². The van der Waals surface area contributed by atoms with Crippen molar-refractivity contribution >= 4 is 27.7 Å². The average Bonchev–Trinajstić information content (AvgIpc) is 2.66. The molecule has 0 aliphatic heterocycles. The summed E-state index contributed by atoms with van der Waals surface area (Å²) in [5.74, 6) is -0.0265. The normalized spacial score (nSPS) is 12.8. The maximum Gasteiger partial charge on any atom is 0.242 e. The molecule has 0 aliphatic rings. The topological polar surface area (TPSA) is 66.5 Å². The van der Waals surface area contributed by atoms with E-state index in [9.17, 15) is 13.2 Å². The highest BCUT2D eigenvalue weighted by atomic mass is 32.2. The molecule has 2 rings (SSSR count). The lowest BCUT2D eigenvalue weighted by molar-refractivity contribution is -0.121. The third-order valence-electron chi connectivity index (χ3n) is 4.34. The Labute approximate surface area is 166 Å². The molecule has 7 heteroatoms. The Balaban J connectivity index is 1.89. The second-order valence-electron chi connectivity index (χ2n) is 6.49. The molecule has 0 saturated carbocycles. The number of rotatable bonds is 8. The molecule has 0 aromatic heterocycles. The Kier molecular flexibility index (Phi) is 7.47. The van der Waals surface area contributed by atoms with Gasteiger partial charge in [0.2, 0.25) is 15.9 Å². The van der Waals surface area contributed by atoms with Crippen molar-refractivity contribution < 1.29 is 13.2 Å². The zero-order chi connectivity index (χ0) is 20.0. The van der Waals surface area contributed by atoms with Crippen molar-refractivity contribution in [3.63, 3.8) is 0 Å². The largest absolute Gasteiger partial charge is 0.350 e. The molecular weight excluding hydrogens is 380 g/mol. The molecule has 0 saturated heterocycles. The summed E-state index contributed by atoms with van der Waals surface area (Å²) in [6.07, 6.45) is 2.95. The first-order valence-corrected chi connectivity index (χ1v) is 11.4. The highest BCUT2D eigenvalue weighted by Gasteiger charge is 2.16. The van der Waals surface area contributed by atoms with Crippen molar-refractivity contribution in [1.29, 1.82) is 0 Å². The van der Waals surface area contributed by atoms with Crippen LogP contribution in [0.1, 0.15) is 30.5 Å². The summed E-state index contributed by atoms with van der Waals surface area (Å²) in [5.41, 5.74) is 2.00. The van der Waals surface area contributed by atoms with Crippen molar-refractivity contribution in [1.82, 2.24) is 9.62 Å². The molecule has 1 atom stereocenters. The van der Waals surface area contributed by atoms with Gasteiger partial charge in [-0.1, -0.05) is 24.3 Å². The van der Waals surface area contributed by atoms with Gasteiger partial charge in [0, 0.05) is 25.4 Å². The molecular formula is C20H26N2O3S2. The summed E-state index contributed by atoms with van der Waals surface area (Å²) in [7, 11) is -0.417. The first kappa shape index (κ1) is 21.5. The summed E-state index contributed by atoms with van der Waals surface area (Å²) in [6.45, 7) is 1.97. The van der Waals surface area contributed by atoms with Crippen molar-refractivity contribution in [3.8, 4) is 0 Å². The number of hydrogen-bond acceptors (Lipinski definition) is 4. The molecule has 1 N–H and O–H groups in total. The summed E-state index contributed by atoms with van der Waals surface area (Å²) < 4.78 is 25.3. The Bertz CT molecular complexity index is 861. The number of carbonyl (C=O) groups excluding carboxylic acids is 1. The number of hydrogen-bond donors (Lipinski definition) is 1. The number of nitrogens with one attached hydrogen (secondary N) is 1. The fourth-order valence-electron chi connectivity index (χ4n) is 2.59. The van der Waals surface area contributed by atoms with Gasteiger partial charge < -0.3 is 5.32 Å². The SMILES string of the molecule is CSc1ccc([C@H](C)NC(=O)CCc2ccc(S(=O)(=O)N(C)C)cc2)cc1. The van der Waals surface area contributed by atoms with E-state index in [0.717, 1.165) is 11.1 Å². The summed E-state index contributed by atoms with van der Waals surface area (Å²) in [6, 6.07) is 14.8. The molecule has 1 amide bonds. The molecule has 0 unspecified atom stereocenters. The molecule has 0 heterocycles. The van der Waals surface area contributed by atoms with Crippen LogP contribution < -0.4 is 5.32 Å². The van der Waals surface area contributed by atoms with Crippen molar-refractivity contribution in [2.75, 3.05) is 20.4 Å². The molecule has 27 heavy (non-hydrogen) atoms. The Morgan fingerprint density at radius 3 is 2.19 bits per heavy atom. The highest BCUT2D eigenvalue weighted by Crippen LogP contribution is 2.19. The number of thioether (sulfide) groups is 1. The quantitative estimate of drug-likeness (QED) is 0.682. The van der Waals surface area contributed by atoms with Gasteiger partial charge in [0.25, 0.3) is 0 Å². The molecule has 0 radical (unpaired) electrons. The Morgan fingerprint density at radius 1 is 1.07 bits per heavy atom. The van der Waals surface area contributed by atoms with E-state index in [4.69, 9.17) is 0 Å². The molecule has 2 aromatic rings. The maximum absolute atomic E-state index is 12.2. The minimum absolute atomic E-state index is 0.0265. The maximum atomic E-state index is 12.2. The third kappa shape index (κ3) is 5.82. The Hall–Kier alpha value is -1.83. The number of nitrogens with zero attached hydrogens (tertiary/aromatic N) is 1. The van der Waals surface area contributed by atoms with E-state index in [0.29, 0.717) is 12.8 Å². The van der Waals surface area contributed by atoms with Gasteiger partial charge in [-0.15, -0.1) is 11.8 Å². The van der Waals surface area contributed by atoms with Crippen LogP contribution in [0.3, 0.4) is 0 Å². The molecule has 0 fully saturated rings. The fourth-order valence-corrected chi connectivity index (χ4v) is 3.90. The number of benzene rings is 2. The van der Waals surface area contributed by atoms with E-state index >= 15 is 0 Å². The highest BCUT2D eigenvalue weighted by molar-refractivity contribution is 7.98. The third-order valence-corrected chi connectivity index (χ3v) is 6.91. The molecule has 0 spiro atoms. The second kappa shape index (κ2) is 9.39. The van der Waals surface area contributed by atoms with Crippen LogP contribution in [0.25, 0.3) is 0 Å². The standard InChI is InChI=1S/C20H26N2O3S2/c1-15(17-8-10-18(26-4)11-9-17)21-20(23)14-7-16-5-12-19(13-6-16)27(24,25)22(2)3/h5-6,8-13,15H,7,14H2,1-4H3,(H,21,23)/t15-/m0/s1. The minimum atomic E-state index is -3.42. The number of amides is 1. The van der Waals surface area contributed by atoms with Crippen LogP contribution in [-0.2, 0) is 21.2 Å². The van der Waals surface area contributed by atoms with Crippen molar-refractivity contribution in [2.45, 2.75) is 35.6 Å². The van der Waals surface area contributed by atoms with E-state index in [-0.39, 0.29) is 16.8 Å². The van der Waals surface area contributed by atoms with Gasteiger partial charge in [0.1, 0.15) is 0 Å². The van der Waals surface area contributed by atoms with Crippen molar-refractivity contribution in [3.05, 3.63) is 59.7 Å². The average molecular weight is 407 g/mol. The minimum Gasteiger partial charge on any atom is -0.350 e. The molecule has 0 bridgehead atoms. The van der Waals surface area contributed by atoms with Crippen molar-refractivity contribution in [2.24, 2.45) is 0 Å². The number of aryl methyl sites for hydroxylation is 1. The zero-order valence-electron chi connectivity index (χ0n) is 16.1. The van der Waals surface area contributed by atoms with Gasteiger partial charge in [-0.3, -0.25) is 4.79 Å². The number of sulfonamides is 1. The molecule has 0 aliphatic carbocycles. The van der Waals surface area contributed by atoms with E-state index in [1.54, 1.807) is 36.0 Å². The first-order valence-electron chi connectivity index (χ1n) is 8.69. The lowest BCUT2D eigenvalue weighted by atomic mass is 10.1. The van der Waals surface area contributed by atoms with Crippen LogP contribution in [-0.4, -0.2) is 39.0 Å². The first-order chi connectivity index (χ1) is 12.7. The van der Waals surface area contributed by atoms with Crippen LogP contribution >= 0.6 is 11.8 Å². The predicted molar refractivity (Wildman–Crippen MR) is 110 cm³/mol. The summed E-state index contributed by atoms with van der Waals surface area (Å²) >= 11 is 1.69. The second-order valence-corrected chi connectivity index (χ2v) is 9.53. The van der Waals surface area contributed by atoms with Crippen LogP contribution in [0.4, 0.5) is 0 Å². The molecule has 2 aromatic carbocycles. The predicted octanol–water partition coefficient (Wildman–Crippen LogP) is 3.47. The van der Waals surface area contributed by atoms with Gasteiger partial charge in [0.05, 0.1) is 10.9 Å². The zero-order valence-corrected chi connectivity index (χ0v) is 17.7. The fraction of sp³-hybridized carbons (Fsp3) is 0.350. The monoisotopic (exact) mass is 406 g/mol. The van der Waals surface area contributed by atoms with Crippen LogP contribution in [0, 0.1) is 0 Å².